The van der Waals surface area contributed by atoms with Gasteiger partial charge in [-0.15, -0.1) is 0 Å². The lowest BCUT2D eigenvalue weighted by atomic mass is 10.1. The molecule has 3 rings (SSSR count). The molecule has 1 N–H and O–H groups in total. The molecule has 1 aliphatic heterocycles. The van der Waals surface area contributed by atoms with E-state index in [-0.39, 0.29) is 25.6 Å². The molecule has 0 bridgehead atoms. The summed E-state index contributed by atoms with van der Waals surface area (Å²) in [5.41, 5.74) is -0.231. The zero-order valence-electron chi connectivity index (χ0n) is 16.0. The third kappa shape index (κ3) is 5.99. The second kappa shape index (κ2) is 9.53. The van der Waals surface area contributed by atoms with E-state index in [2.05, 4.69) is 15.3 Å². The lowest BCUT2D eigenvalue weighted by molar-refractivity contribution is -0.137. The molecule has 1 aliphatic rings. The van der Waals surface area contributed by atoms with Crippen molar-refractivity contribution >= 4 is 11.9 Å². The number of ether oxygens (including phenoxy) is 1. The minimum atomic E-state index is -4.42. The molecule has 2 aromatic rings. The summed E-state index contributed by atoms with van der Waals surface area (Å²) in [6, 6.07) is 5.86. The Kier molecular flexibility index (Phi) is 6.81. The first kappa shape index (κ1) is 22.2. The first-order valence-corrected chi connectivity index (χ1v) is 9.13. The van der Waals surface area contributed by atoms with Gasteiger partial charge in [0.1, 0.15) is 0 Å². The van der Waals surface area contributed by atoms with Crippen molar-refractivity contribution in [2.75, 3.05) is 18.4 Å². The molecule has 1 aromatic heterocycles. The van der Waals surface area contributed by atoms with Crippen molar-refractivity contribution in [3.63, 3.8) is 0 Å². The van der Waals surface area contributed by atoms with Crippen molar-refractivity contribution in [2.45, 2.75) is 24.9 Å². The van der Waals surface area contributed by atoms with Crippen LogP contribution >= 0.6 is 0 Å². The Bertz CT molecular complexity index is 971. The molecule has 1 aromatic carbocycles. The zero-order chi connectivity index (χ0) is 22.4. The van der Waals surface area contributed by atoms with Gasteiger partial charge in [0.25, 0.3) is 0 Å². The van der Waals surface area contributed by atoms with E-state index in [0.29, 0.717) is 5.56 Å². The van der Waals surface area contributed by atoms with Gasteiger partial charge < -0.3 is 15.0 Å². The number of carbonyl (C=O) groups excluding carboxylic acids is 1. The van der Waals surface area contributed by atoms with E-state index in [1.807, 2.05) is 0 Å². The molecule has 1 saturated heterocycles. The van der Waals surface area contributed by atoms with Crippen LogP contribution in [0.4, 0.5) is 23.5 Å². The molecule has 1 fully saturated rings. The van der Waals surface area contributed by atoms with Crippen LogP contribution in [0.15, 0.2) is 48.8 Å². The normalized spacial score (nSPS) is 18.9. The summed E-state index contributed by atoms with van der Waals surface area (Å²) in [4.78, 5) is 21.3. The monoisotopic (exact) mass is 435 g/mol. The van der Waals surface area contributed by atoms with Gasteiger partial charge in [-0.3, -0.25) is 4.79 Å². The lowest BCUT2D eigenvalue weighted by Crippen LogP contribution is -2.35. The van der Waals surface area contributed by atoms with Gasteiger partial charge in [-0.2, -0.15) is 18.4 Å². The number of alkyl halides is 3. The summed E-state index contributed by atoms with van der Waals surface area (Å²) in [6.45, 7) is 0.391. The van der Waals surface area contributed by atoms with Crippen molar-refractivity contribution in [2.24, 2.45) is 0 Å². The number of nitrogens with zero attached hydrogens (tertiary/aromatic N) is 4. The second-order valence-electron chi connectivity index (χ2n) is 6.73. The van der Waals surface area contributed by atoms with Crippen LogP contribution in [0.1, 0.15) is 11.1 Å². The summed E-state index contributed by atoms with van der Waals surface area (Å²) >= 11 is 0. The third-order valence-corrected chi connectivity index (χ3v) is 4.56. The van der Waals surface area contributed by atoms with Crippen LogP contribution in [0.2, 0.25) is 0 Å². The summed E-state index contributed by atoms with van der Waals surface area (Å²) in [5.74, 6) is -0.865. The average molecular weight is 435 g/mol. The summed E-state index contributed by atoms with van der Waals surface area (Å²) < 4.78 is 57.0. The highest BCUT2D eigenvalue weighted by atomic mass is 19.4. The van der Waals surface area contributed by atoms with Crippen LogP contribution in [0.25, 0.3) is 0 Å². The maximum atomic E-state index is 13.0. The summed E-state index contributed by atoms with van der Waals surface area (Å²) in [7, 11) is 0. The number of hydrogen-bond donors (Lipinski definition) is 1. The highest BCUT2D eigenvalue weighted by Crippen LogP contribution is 2.29. The highest BCUT2D eigenvalue weighted by Gasteiger charge is 2.36. The van der Waals surface area contributed by atoms with E-state index < -0.39 is 35.6 Å². The molecule has 2 atom stereocenters. The van der Waals surface area contributed by atoms with Crippen LogP contribution in [-0.4, -0.2) is 46.0 Å². The molecule has 7 nitrogen and oxygen atoms in total. The van der Waals surface area contributed by atoms with Crippen molar-refractivity contribution in [3.05, 3.63) is 65.8 Å². The first-order valence-electron chi connectivity index (χ1n) is 9.13. The highest BCUT2D eigenvalue weighted by molar-refractivity contribution is 5.88. The van der Waals surface area contributed by atoms with Crippen LogP contribution < -0.4 is 5.32 Å². The van der Waals surface area contributed by atoms with Gasteiger partial charge in [0.15, 0.2) is 5.82 Å². The number of amides is 1. The number of likely N-dealkylation sites (tertiary alicyclic amines) is 1. The van der Waals surface area contributed by atoms with Crippen LogP contribution in [-0.2, 0) is 22.3 Å². The van der Waals surface area contributed by atoms with Crippen LogP contribution in [0.5, 0.6) is 0 Å². The topological polar surface area (TPSA) is 91.1 Å². The van der Waals surface area contributed by atoms with Gasteiger partial charge in [0, 0.05) is 25.2 Å². The Balaban J connectivity index is 1.69. The number of anilines is 1. The standard InChI is InChI=1S/C20H17F4N5O2/c21-15-8-26-19(27-9-15)28-16-10-29(18(30)2-1-7-25)11-17(16)31-12-13-3-5-14(6-4-13)20(22,23)24/h1-6,8-9,16-17H,10-12H2,(H,26,27,28)/b2-1-/t16-,17-/m1/s1. The molecule has 162 valence electrons. The number of rotatable bonds is 6. The Morgan fingerprint density at radius 2 is 1.94 bits per heavy atom. The van der Waals surface area contributed by atoms with Crippen molar-refractivity contribution < 1.29 is 27.1 Å². The molecular formula is C20H17F4N5O2. The van der Waals surface area contributed by atoms with Crippen molar-refractivity contribution in [3.8, 4) is 6.07 Å². The number of allylic oxidation sites excluding steroid dienone is 1. The van der Waals surface area contributed by atoms with Crippen molar-refractivity contribution in [1.29, 1.82) is 5.26 Å². The number of nitrogens with one attached hydrogen (secondary N) is 1. The number of carbonyl (C=O) groups is 1. The molecule has 0 spiro atoms. The van der Waals surface area contributed by atoms with Gasteiger partial charge in [0.05, 0.1) is 42.8 Å². The third-order valence-electron chi connectivity index (χ3n) is 4.56. The predicted octanol–water partition coefficient (Wildman–Crippen LogP) is 2.92. The molecule has 11 heteroatoms. The molecule has 0 saturated carbocycles. The fraction of sp³-hybridized carbons (Fsp3) is 0.300. The molecule has 1 amide bonds. The molecule has 0 aliphatic carbocycles. The molecular weight excluding hydrogens is 418 g/mol. The van der Waals surface area contributed by atoms with Gasteiger partial charge in [0.2, 0.25) is 11.9 Å². The molecule has 2 heterocycles. The zero-order valence-corrected chi connectivity index (χ0v) is 16.0. The van der Waals surface area contributed by atoms with Gasteiger partial charge in [-0.25, -0.2) is 14.4 Å². The maximum Gasteiger partial charge on any atom is 0.416 e. The van der Waals surface area contributed by atoms with Crippen molar-refractivity contribution in [1.82, 2.24) is 14.9 Å². The van der Waals surface area contributed by atoms with E-state index >= 15 is 0 Å². The largest absolute Gasteiger partial charge is 0.416 e. The lowest BCUT2D eigenvalue weighted by Gasteiger charge is -2.20. The quantitative estimate of drug-likeness (QED) is 0.426. The summed E-state index contributed by atoms with van der Waals surface area (Å²) in [5, 5.41) is 11.6. The predicted molar refractivity (Wildman–Crippen MR) is 101 cm³/mol. The van der Waals surface area contributed by atoms with E-state index in [1.54, 1.807) is 6.07 Å². The fourth-order valence-electron chi connectivity index (χ4n) is 3.02. The second-order valence-corrected chi connectivity index (χ2v) is 6.73. The van der Waals surface area contributed by atoms with E-state index in [0.717, 1.165) is 36.7 Å². The van der Waals surface area contributed by atoms with E-state index in [4.69, 9.17) is 10.00 Å². The average Bonchev–Trinajstić information content (AvgIpc) is 3.14. The number of benzene rings is 1. The number of hydrogen-bond acceptors (Lipinski definition) is 6. The molecule has 0 unspecified atom stereocenters. The van der Waals surface area contributed by atoms with Gasteiger partial charge in [-0.05, 0) is 17.7 Å². The molecule has 31 heavy (non-hydrogen) atoms. The van der Waals surface area contributed by atoms with Gasteiger partial charge in [-0.1, -0.05) is 12.1 Å². The van der Waals surface area contributed by atoms with E-state index in [9.17, 15) is 22.4 Å². The SMILES string of the molecule is N#C/C=C\C(=O)N1C[C@@H](Nc2ncc(F)cn2)[C@H](OCc2ccc(C(F)(F)F)cc2)C1. The Morgan fingerprint density at radius 1 is 1.26 bits per heavy atom. The Labute approximate surface area is 175 Å². The number of aromatic nitrogens is 2. The Morgan fingerprint density at radius 3 is 2.55 bits per heavy atom. The Hall–Kier alpha value is -3.52. The van der Waals surface area contributed by atoms with Gasteiger partial charge >= 0.3 is 6.18 Å². The summed E-state index contributed by atoms with van der Waals surface area (Å²) in [6.07, 6.45) is -0.807. The maximum absolute atomic E-state index is 13.0. The van der Waals surface area contributed by atoms with Crippen LogP contribution in [0.3, 0.4) is 0 Å². The smallest absolute Gasteiger partial charge is 0.369 e. The number of nitriles is 1. The minimum absolute atomic E-state index is 0.0152. The fourth-order valence-corrected chi connectivity index (χ4v) is 3.02. The molecule has 0 radical (unpaired) electrons. The first-order chi connectivity index (χ1) is 14.8. The van der Waals surface area contributed by atoms with Crippen LogP contribution in [0, 0.1) is 17.1 Å². The van der Waals surface area contributed by atoms with E-state index in [1.165, 1.54) is 17.0 Å². The number of halogens is 4. The minimum Gasteiger partial charge on any atom is -0.369 e.